The van der Waals surface area contributed by atoms with Crippen molar-refractivity contribution in [3.63, 3.8) is 0 Å². The van der Waals surface area contributed by atoms with Gasteiger partial charge in [-0.1, -0.05) is 26.0 Å². The molecule has 0 aromatic heterocycles. The predicted octanol–water partition coefficient (Wildman–Crippen LogP) is 3.30. The van der Waals surface area contributed by atoms with Gasteiger partial charge in [-0.05, 0) is 36.1 Å². The lowest BCUT2D eigenvalue weighted by Gasteiger charge is -2.09. The van der Waals surface area contributed by atoms with Gasteiger partial charge < -0.3 is 9.47 Å². The molecule has 3 heteroatoms. The number of benzene rings is 1. The van der Waals surface area contributed by atoms with Gasteiger partial charge in [0.15, 0.2) is 0 Å². The normalized spacial score (nSPS) is 11.5. The van der Waals surface area contributed by atoms with Gasteiger partial charge >= 0.3 is 5.97 Å². The lowest BCUT2D eigenvalue weighted by molar-refractivity contribution is -0.134. The lowest BCUT2D eigenvalue weighted by atomic mass is 10.1. The Labute approximate surface area is 108 Å². The van der Waals surface area contributed by atoms with Crippen LogP contribution in [0.15, 0.2) is 30.3 Å². The molecule has 1 aromatic carbocycles. The maximum Gasteiger partial charge on any atom is 0.330 e. The minimum atomic E-state index is -0.340. The van der Waals surface area contributed by atoms with Crippen molar-refractivity contribution in [1.29, 1.82) is 0 Å². The number of ether oxygens (including phenoxy) is 2. The van der Waals surface area contributed by atoms with E-state index in [9.17, 15) is 4.79 Å². The Bertz CT molecular complexity index is 416. The Morgan fingerprint density at radius 1 is 1.28 bits per heavy atom. The molecule has 0 fully saturated rings. The zero-order valence-electron chi connectivity index (χ0n) is 11.4. The molecule has 1 rings (SSSR count). The van der Waals surface area contributed by atoms with Crippen LogP contribution in [0.5, 0.6) is 5.75 Å². The summed E-state index contributed by atoms with van der Waals surface area (Å²) < 4.78 is 10.2. The largest absolute Gasteiger partial charge is 0.493 e. The molecule has 0 spiro atoms. The minimum Gasteiger partial charge on any atom is -0.493 e. The topological polar surface area (TPSA) is 35.5 Å². The zero-order valence-corrected chi connectivity index (χ0v) is 11.4. The fraction of sp³-hybridized carbons (Fsp3) is 0.400. The van der Waals surface area contributed by atoms with Crippen LogP contribution >= 0.6 is 0 Å². The summed E-state index contributed by atoms with van der Waals surface area (Å²) in [7, 11) is 1.37. The fourth-order valence-corrected chi connectivity index (χ4v) is 1.40. The van der Waals surface area contributed by atoms with Gasteiger partial charge in [0, 0.05) is 6.08 Å². The van der Waals surface area contributed by atoms with Crippen molar-refractivity contribution in [3.05, 3.63) is 35.9 Å². The molecular weight excluding hydrogens is 228 g/mol. The maximum atomic E-state index is 11.1. The number of rotatable bonds is 5. The van der Waals surface area contributed by atoms with Gasteiger partial charge in [-0.25, -0.2) is 4.79 Å². The summed E-state index contributed by atoms with van der Waals surface area (Å²) in [6.07, 6.45) is 1.48. The molecule has 98 valence electrons. The Morgan fingerprint density at radius 2 is 1.89 bits per heavy atom. The first-order valence-corrected chi connectivity index (χ1v) is 6.02. The smallest absolute Gasteiger partial charge is 0.330 e. The third kappa shape index (κ3) is 4.62. The number of carbonyl (C=O) groups excluding carboxylic acids is 1. The molecule has 0 bridgehead atoms. The molecule has 0 aliphatic heterocycles. The van der Waals surface area contributed by atoms with E-state index in [-0.39, 0.29) is 5.97 Å². The van der Waals surface area contributed by atoms with E-state index in [1.807, 2.05) is 31.2 Å². The van der Waals surface area contributed by atoms with E-state index in [0.717, 1.165) is 16.9 Å². The Balaban J connectivity index is 2.70. The molecule has 0 N–H and O–H groups in total. The first kappa shape index (κ1) is 14.3. The highest BCUT2D eigenvalue weighted by Crippen LogP contribution is 2.18. The molecule has 0 aliphatic carbocycles. The molecule has 0 amide bonds. The van der Waals surface area contributed by atoms with Gasteiger partial charge in [0.2, 0.25) is 0 Å². The summed E-state index contributed by atoms with van der Waals surface area (Å²) in [5, 5.41) is 0. The zero-order chi connectivity index (χ0) is 13.5. The SMILES string of the molecule is COC(=O)C=C(C)c1ccc(OCC(C)C)cc1. The van der Waals surface area contributed by atoms with E-state index in [1.54, 1.807) is 0 Å². The van der Waals surface area contributed by atoms with Crippen molar-refractivity contribution in [3.8, 4) is 5.75 Å². The maximum absolute atomic E-state index is 11.1. The van der Waals surface area contributed by atoms with Crippen molar-refractivity contribution in [2.45, 2.75) is 20.8 Å². The predicted molar refractivity (Wildman–Crippen MR) is 72.4 cm³/mol. The second kappa shape index (κ2) is 6.84. The van der Waals surface area contributed by atoms with Gasteiger partial charge in [0.1, 0.15) is 5.75 Å². The second-order valence-electron chi connectivity index (χ2n) is 4.58. The number of allylic oxidation sites excluding steroid dienone is 1. The molecule has 18 heavy (non-hydrogen) atoms. The van der Waals surface area contributed by atoms with Crippen LogP contribution in [0.3, 0.4) is 0 Å². The van der Waals surface area contributed by atoms with Crippen LogP contribution in [0.25, 0.3) is 5.57 Å². The highest BCUT2D eigenvalue weighted by atomic mass is 16.5. The van der Waals surface area contributed by atoms with Crippen molar-refractivity contribution in [2.75, 3.05) is 13.7 Å². The second-order valence-corrected chi connectivity index (χ2v) is 4.58. The van der Waals surface area contributed by atoms with Crippen LogP contribution < -0.4 is 4.74 Å². The third-order valence-electron chi connectivity index (χ3n) is 2.43. The highest BCUT2D eigenvalue weighted by Gasteiger charge is 2.01. The van der Waals surface area contributed by atoms with Gasteiger partial charge in [0.25, 0.3) is 0 Å². The summed E-state index contributed by atoms with van der Waals surface area (Å²) >= 11 is 0. The Morgan fingerprint density at radius 3 is 2.39 bits per heavy atom. The minimum absolute atomic E-state index is 0.340. The van der Waals surface area contributed by atoms with Crippen molar-refractivity contribution in [1.82, 2.24) is 0 Å². The molecular formula is C15H20O3. The number of hydrogen-bond acceptors (Lipinski definition) is 3. The first-order chi connectivity index (χ1) is 8.52. The molecule has 0 saturated carbocycles. The number of hydrogen-bond donors (Lipinski definition) is 0. The van der Waals surface area contributed by atoms with E-state index in [2.05, 4.69) is 18.6 Å². The van der Waals surface area contributed by atoms with Gasteiger partial charge in [0.05, 0.1) is 13.7 Å². The fourth-order valence-electron chi connectivity index (χ4n) is 1.40. The van der Waals surface area contributed by atoms with E-state index in [0.29, 0.717) is 12.5 Å². The average molecular weight is 248 g/mol. The monoisotopic (exact) mass is 248 g/mol. The average Bonchev–Trinajstić information content (AvgIpc) is 2.36. The van der Waals surface area contributed by atoms with Gasteiger partial charge in [-0.3, -0.25) is 0 Å². The first-order valence-electron chi connectivity index (χ1n) is 6.02. The van der Waals surface area contributed by atoms with Crippen LogP contribution in [-0.4, -0.2) is 19.7 Å². The summed E-state index contributed by atoms with van der Waals surface area (Å²) in [6.45, 7) is 6.80. The molecule has 0 unspecified atom stereocenters. The standard InChI is InChI=1S/C15H20O3/c1-11(2)10-18-14-7-5-13(6-8-14)12(3)9-15(16)17-4/h5-9,11H,10H2,1-4H3. The van der Waals surface area contributed by atoms with E-state index < -0.39 is 0 Å². The van der Waals surface area contributed by atoms with E-state index >= 15 is 0 Å². The summed E-state index contributed by atoms with van der Waals surface area (Å²) in [5.41, 5.74) is 1.86. The van der Waals surface area contributed by atoms with E-state index in [4.69, 9.17) is 4.74 Å². The number of carbonyl (C=O) groups is 1. The molecule has 3 nitrogen and oxygen atoms in total. The summed E-state index contributed by atoms with van der Waals surface area (Å²) in [6, 6.07) is 7.69. The molecule has 0 radical (unpaired) electrons. The van der Waals surface area contributed by atoms with Crippen molar-refractivity contribution < 1.29 is 14.3 Å². The quantitative estimate of drug-likeness (QED) is 0.592. The van der Waals surface area contributed by atoms with Crippen LogP contribution in [-0.2, 0) is 9.53 Å². The molecule has 0 atom stereocenters. The third-order valence-corrected chi connectivity index (χ3v) is 2.43. The van der Waals surface area contributed by atoms with E-state index in [1.165, 1.54) is 13.2 Å². The van der Waals surface area contributed by atoms with Gasteiger partial charge in [-0.2, -0.15) is 0 Å². The Hall–Kier alpha value is -1.77. The Kier molecular flexibility index (Phi) is 5.43. The highest BCUT2D eigenvalue weighted by molar-refractivity contribution is 5.90. The number of esters is 1. The van der Waals surface area contributed by atoms with Gasteiger partial charge in [-0.15, -0.1) is 0 Å². The molecule has 0 heterocycles. The summed E-state index contributed by atoms with van der Waals surface area (Å²) in [4.78, 5) is 11.1. The van der Waals surface area contributed by atoms with Crippen LogP contribution in [0.4, 0.5) is 0 Å². The van der Waals surface area contributed by atoms with Crippen LogP contribution in [0.2, 0.25) is 0 Å². The molecule has 0 aliphatic rings. The molecule has 0 saturated heterocycles. The number of methoxy groups -OCH3 is 1. The van der Waals surface area contributed by atoms with Crippen molar-refractivity contribution >= 4 is 11.5 Å². The molecule has 1 aromatic rings. The lowest BCUT2D eigenvalue weighted by Crippen LogP contribution is -2.04. The van der Waals surface area contributed by atoms with Crippen LogP contribution in [0, 0.1) is 5.92 Å². The van der Waals surface area contributed by atoms with Crippen molar-refractivity contribution in [2.24, 2.45) is 5.92 Å². The summed E-state index contributed by atoms with van der Waals surface area (Å²) in [5.74, 6) is 1.01. The van der Waals surface area contributed by atoms with Crippen LogP contribution in [0.1, 0.15) is 26.3 Å².